The van der Waals surface area contributed by atoms with Crippen LogP contribution >= 0.6 is 0 Å². The average Bonchev–Trinajstić information content (AvgIpc) is 2.49. The van der Waals surface area contributed by atoms with Crippen LogP contribution in [0.15, 0.2) is 24.3 Å². The van der Waals surface area contributed by atoms with Crippen LogP contribution in [0.25, 0.3) is 0 Å². The van der Waals surface area contributed by atoms with Gasteiger partial charge < -0.3 is 0 Å². The summed E-state index contributed by atoms with van der Waals surface area (Å²) in [5, 5.41) is 0. The molecule has 2 aliphatic rings. The topological polar surface area (TPSA) is 3.24 Å². The number of nitrogens with zero attached hydrogens (tertiary/aromatic N) is 1. The van der Waals surface area contributed by atoms with Gasteiger partial charge in [-0.25, -0.2) is 0 Å². The minimum Gasteiger partial charge on any atom is -0.293 e. The Hall–Kier alpha value is -0.820. The summed E-state index contributed by atoms with van der Waals surface area (Å²) < 4.78 is 0. The Morgan fingerprint density at radius 1 is 0.842 bits per heavy atom. The van der Waals surface area contributed by atoms with Gasteiger partial charge in [-0.05, 0) is 44.7 Å². The third kappa shape index (κ3) is 3.02. The summed E-state index contributed by atoms with van der Waals surface area (Å²) in [5.41, 5.74) is 2.93. The largest absolute Gasteiger partial charge is 0.293 e. The molecular formula is C18H27N. The Kier molecular flexibility index (Phi) is 4.22. The third-order valence-corrected chi connectivity index (χ3v) is 5.05. The number of piperidine rings is 1. The Bertz CT molecular complexity index is 389. The van der Waals surface area contributed by atoms with E-state index in [1.165, 1.54) is 63.5 Å². The number of aryl methyl sites for hydroxylation is 1. The van der Waals surface area contributed by atoms with Gasteiger partial charge in [-0.3, -0.25) is 4.90 Å². The Morgan fingerprint density at radius 3 is 2.26 bits per heavy atom. The number of rotatable bonds is 2. The predicted molar refractivity (Wildman–Crippen MR) is 81.4 cm³/mol. The predicted octanol–water partition coefficient (Wildman–Crippen LogP) is 4.85. The zero-order valence-electron chi connectivity index (χ0n) is 12.3. The lowest BCUT2D eigenvalue weighted by Crippen LogP contribution is -2.42. The Morgan fingerprint density at radius 2 is 1.53 bits per heavy atom. The average molecular weight is 257 g/mol. The number of hydrogen-bond donors (Lipinski definition) is 0. The highest BCUT2D eigenvalue weighted by Gasteiger charge is 2.30. The fraction of sp³-hybridized carbons (Fsp3) is 0.667. The number of benzene rings is 1. The van der Waals surface area contributed by atoms with Gasteiger partial charge in [-0.1, -0.05) is 55.5 Å². The third-order valence-electron chi connectivity index (χ3n) is 5.05. The van der Waals surface area contributed by atoms with Crippen molar-refractivity contribution >= 4 is 0 Å². The van der Waals surface area contributed by atoms with Crippen molar-refractivity contribution in [3.63, 3.8) is 0 Å². The van der Waals surface area contributed by atoms with Crippen molar-refractivity contribution in [3.05, 3.63) is 35.4 Å². The Labute approximate surface area is 118 Å². The first-order chi connectivity index (χ1) is 9.34. The van der Waals surface area contributed by atoms with Gasteiger partial charge in [-0.15, -0.1) is 0 Å². The molecule has 1 unspecified atom stereocenters. The molecule has 1 aliphatic heterocycles. The quantitative estimate of drug-likeness (QED) is 0.731. The van der Waals surface area contributed by atoms with Crippen molar-refractivity contribution < 1.29 is 0 Å². The molecule has 1 heteroatoms. The van der Waals surface area contributed by atoms with Gasteiger partial charge in [0.05, 0.1) is 0 Å². The highest BCUT2D eigenvalue weighted by Crippen LogP contribution is 2.36. The molecule has 0 radical (unpaired) electrons. The maximum atomic E-state index is 2.84. The second kappa shape index (κ2) is 6.09. The first kappa shape index (κ1) is 13.2. The van der Waals surface area contributed by atoms with E-state index in [1.54, 1.807) is 5.56 Å². The molecule has 0 bridgehead atoms. The second-order valence-corrected chi connectivity index (χ2v) is 6.45. The van der Waals surface area contributed by atoms with Crippen molar-refractivity contribution in [2.45, 2.75) is 70.4 Å². The Balaban J connectivity index is 1.78. The van der Waals surface area contributed by atoms with Crippen LogP contribution in [0, 0.1) is 6.92 Å². The first-order valence-electron chi connectivity index (χ1n) is 8.17. The minimum atomic E-state index is 0.692. The molecule has 1 aromatic carbocycles. The molecule has 1 aromatic rings. The summed E-state index contributed by atoms with van der Waals surface area (Å²) in [5.74, 6) is 0. The van der Waals surface area contributed by atoms with E-state index in [1.807, 2.05) is 0 Å². The lowest BCUT2D eigenvalue weighted by molar-refractivity contribution is 0.0722. The molecule has 0 amide bonds. The fourth-order valence-corrected chi connectivity index (χ4v) is 3.95. The molecule has 0 N–H and O–H groups in total. The van der Waals surface area contributed by atoms with E-state index in [-0.39, 0.29) is 0 Å². The van der Waals surface area contributed by atoms with Crippen molar-refractivity contribution in [2.24, 2.45) is 0 Å². The standard InChI is InChI=1S/C18H27N/c1-15-10-12-16(13-11-15)18-9-5-6-14-19(18)17-7-3-2-4-8-17/h10-13,17-18H,2-9,14H2,1H3. The fourth-order valence-electron chi connectivity index (χ4n) is 3.95. The van der Waals surface area contributed by atoms with Crippen LogP contribution in [-0.2, 0) is 0 Å². The zero-order chi connectivity index (χ0) is 13.1. The molecule has 3 rings (SSSR count). The van der Waals surface area contributed by atoms with Gasteiger partial charge >= 0.3 is 0 Å². The van der Waals surface area contributed by atoms with Gasteiger partial charge in [0.2, 0.25) is 0 Å². The van der Waals surface area contributed by atoms with E-state index >= 15 is 0 Å². The van der Waals surface area contributed by atoms with Crippen LogP contribution in [0.5, 0.6) is 0 Å². The summed E-state index contributed by atoms with van der Waals surface area (Å²) >= 11 is 0. The van der Waals surface area contributed by atoms with Crippen LogP contribution in [0.1, 0.15) is 68.5 Å². The van der Waals surface area contributed by atoms with Gasteiger partial charge in [0, 0.05) is 12.1 Å². The summed E-state index contributed by atoms with van der Waals surface area (Å²) in [6, 6.07) is 10.8. The van der Waals surface area contributed by atoms with Crippen molar-refractivity contribution in [1.82, 2.24) is 4.90 Å². The lowest BCUT2D eigenvalue weighted by atomic mass is 9.88. The van der Waals surface area contributed by atoms with Crippen molar-refractivity contribution in [2.75, 3.05) is 6.54 Å². The second-order valence-electron chi connectivity index (χ2n) is 6.45. The SMILES string of the molecule is Cc1ccc(C2CCCCN2C2CCCCC2)cc1. The normalized spacial score (nSPS) is 26.5. The molecule has 1 nitrogen and oxygen atoms in total. The van der Waals surface area contributed by atoms with Gasteiger partial charge in [0.1, 0.15) is 0 Å². The number of hydrogen-bond acceptors (Lipinski definition) is 1. The molecule has 2 fully saturated rings. The molecule has 1 saturated heterocycles. The molecule has 1 saturated carbocycles. The van der Waals surface area contributed by atoms with Gasteiger partial charge in [-0.2, -0.15) is 0 Å². The van der Waals surface area contributed by atoms with Crippen LogP contribution < -0.4 is 0 Å². The van der Waals surface area contributed by atoms with Crippen molar-refractivity contribution in [1.29, 1.82) is 0 Å². The summed E-state index contributed by atoms with van der Waals surface area (Å²) in [6.45, 7) is 3.51. The van der Waals surface area contributed by atoms with E-state index in [2.05, 4.69) is 36.1 Å². The van der Waals surface area contributed by atoms with E-state index in [4.69, 9.17) is 0 Å². The molecule has 104 valence electrons. The number of likely N-dealkylation sites (tertiary alicyclic amines) is 1. The molecular weight excluding hydrogens is 230 g/mol. The van der Waals surface area contributed by atoms with E-state index in [0.29, 0.717) is 6.04 Å². The van der Waals surface area contributed by atoms with E-state index in [9.17, 15) is 0 Å². The highest BCUT2D eigenvalue weighted by molar-refractivity contribution is 5.24. The molecule has 1 aliphatic carbocycles. The smallest absolute Gasteiger partial charge is 0.0351 e. The van der Waals surface area contributed by atoms with E-state index < -0.39 is 0 Å². The monoisotopic (exact) mass is 257 g/mol. The van der Waals surface area contributed by atoms with E-state index in [0.717, 1.165) is 6.04 Å². The molecule has 19 heavy (non-hydrogen) atoms. The molecule has 0 aromatic heterocycles. The van der Waals surface area contributed by atoms with Crippen LogP contribution in [0.2, 0.25) is 0 Å². The van der Waals surface area contributed by atoms with Gasteiger partial charge in [0.15, 0.2) is 0 Å². The maximum absolute atomic E-state index is 2.84. The van der Waals surface area contributed by atoms with Crippen LogP contribution in [0.3, 0.4) is 0 Å². The summed E-state index contributed by atoms with van der Waals surface area (Å²) in [6.07, 6.45) is 11.4. The molecule has 1 atom stereocenters. The maximum Gasteiger partial charge on any atom is 0.0351 e. The van der Waals surface area contributed by atoms with Crippen LogP contribution in [0.4, 0.5) is 0 Å². The molecule has 1 heterocycles. The van der Waals surface area contributed by atoms with Crippen LogP contribution in [-0.4, -0.2) is 17.5 Å². The summed E-state index contributed by atoms with van der Waals surface area (Å²) in [7, 11) is 0. The lowest BCUT2D eigenvalue weighted by Gasteiger charge is -2.43. The molecule has 0 spiro atoms. The summed E-state index contributed by atoms with van der Waals surface area (Å²) in [4.78, 5) is 2.84. The van der Waals surface area contributed by atoms with Crippen molar-refractivity contribution in [3.8, 4) is 0 Å². The van der Waals surface area contributed by atoms with Gasteiger partial charge in [0.25, 0.3) is 0 Å². The zero-order valence-corrected chi connectivity index (χ0v) is 12.3. The first-order valence-corrected chi connectivity index (χ1v) is 8.17. The minimum absolute atomic E-state index is 0.692. The highest BCUT2D eigenvalue weighted by atomic mass is 15.2.